The van der Waals surface area contributed by atoms with Crippen molar-refractivity contribution >= 4 is 28.9 Å². The molecular formula is C4H10ClSn. The summed E-state index contributed by atoms with van der Waals surface area (Å²) in [7, 11) is 5.59. The van der Waals surface area contributed by atoms with E-state index in [-0.39, 0.29) is 0 Å². The van der Waals surface area contributed by atoms with E-state index in [1.54, 1.807) is 0 Å². The maximum atomic E-state index is 5.59. The molecule has 0 N–H and O–H groups in total. The van der Waals surface area contributed by atoms with Gasteiger partial charge in [0.2, 0.25) is 0 Å². The molecule has 1 radical (unpaired) electrons. The molecule has 0 amide bonds. The number of halogens is 1. The molecule has 0 fully saturated rings. The van der Waals surface area contributed by atoms with Crippen molar-refractivity contribution in [2.45, 2.75) is 18.3 Å². The van der Waals surface area contributed by atoms with Crippen LogP contribution in [-0.2, 0) is 0 Å². The molecule has 37 valence electrons. The Morgan fingerprint density at radius 2 is 2.17 bits per heavy atom. The standard InChI is InChI=1S/C4H9.ClH.Sn.H/c1-4(2)3;;;/h4H,1H2,2-3H3;1H;;/q;;+1;/p-1. The van der Waals surface area contributed by atoms with E-state index in [1.807, 2.05) is 0 Å². The molecule has 0 atom stereocenters. The monoisotopic (exact) mass is 213 g/mol. The fraction of sp³-hybridized carbons (Fsp3) is 1.00. The van der Waals surface area contributed by atoms with Gasteiger partial charge in [-0.3, -0.25) is 0 Å². The fourth-order valence-electron chi connectivity index (χ4n) is 0.178. The van der Waals surface area contributed by atoms with Gasteiger partial charge >= 0.3 is 53.1 Å². The second kappa shape index (κ2) is 4.25. The predicted molar refractivity (Wildman–Crippen MR) is 32.6 cm³/mol. The molecule has 0 aliphatic rings. The molecule has 0 aliphatic heterocycles. The molecule has 0 bridgehead atoms. The Hall–Kier alpha value is 1.09. The second-order valence-corrected chi connectivity index (χ2v) is 6.08. The minimum absolute atomic E-state index is 0.516. The van der Waals surface area contributed by atoms with Crippen molar-refractivity contribution in [1.82, 2.24) is 0 Å². The van der Waals surface area contributed by atoms with E-state index in [0.717, 1.165) is 5.92 Å². The van der Waals surface area contributed by atoms with Crippen molar-refractivity contribution < 1.29 is 0 Å². The summed E-state index contributed by atoms with van der Waals surface area (Å²) in [6.07, 6.45) is 0. The van der Waals surface area contributed by atoms with E-state index in [4.69, 9.17) is 8.92 Å². The van der Waals surface area contributed by atoms with Gasteiger partial charge in [-0.15, -0.1) is 0 Å². The van der Waals surface area contributed by atoms with E-state index < -0.39 is 20.0 Å². The normalized spacial score (nSPS) is 10.0. The van der Waals surface area contributed by atoms with Gasteiger partial charge in [0, 0.05) is 0 Å². The summed E-state index contributed by atoms with van der Waals surface area (Å²) in [5.74, 6) is 0.851. The average molecular weight is 212 g/mol. The van der Waals surface area contributed by atoms with Crippen LogP contribution in [0.2, 0.25) is 4.44 Å². The molecule has 0 spiro atoms. The van der Waals surface area contributed by atoms with Gasteiger partial charge in [-0.1, -0.05) is 0 Å². The second-order valence-electron chi connectivity index (χ2n) is 1.78. The summed E-state index contributed by atoms with van der Waals surface area (Å²) in [5, 5.41) is 0. The molecule has 0 aliphatic carbocycles. The van der Waals surface area contributed by atoms with Crippen LogP contribution in [0.5, 0.6) is 0 Å². The number of rotatable bonds is 2. The van der Waals surface area contributed by atoms with Crippen LogP contribution < -0.4 is 0 Å². The van der Waals surface area contributed by atoms with Crippen LogP contribution in [0.1, 0.15) is 13.8 Å². The first-order valence-electron chi connectivity index (χ1n) is 2.19. The summed E-state index contributed by atoms with van der Waals surface area (Å²) < 4.78 is 1.33. The van der Waals surface area contributed by atoms with Crippen LogP contribution in [0, 0.1) is 5.92 Å². The van der Waals surface area contributed by atoms with Gasteiger partial charge in [0.25, 0.3) is 0 Å². The van der Waals surface area contributed by atoms with Crippen molar-refractivity contribution in [2.24, 2.45) is 5.92 Å². The molecule has 0 nitrogen and oxygen atoms in total. The third-order valence-corrected chi connectivity index (χ3v) is 4.96. The Morgan fingerprint density at radius 3 is 2.17 bits per heavy atom. The molecule has 0 aromatic carbocycles. The summed E-state index contributed by atoms with van der Waals surface area (Å²) in [6.45, 7) is 4.43. The number of hydrogen-bond acceptors (Lipinski definition) is 0. The number of hydrogen-bond donors (Lipinski definition) is 0. The average Bonchev–Trinajstić information content (AvgIpc) is 1.35. The molecule has 2 heteroatoms. The SMILES string of the molecule is CC(C)[CH2][SnH][Cl]. The molecule has 0 saturated carbocycles. The van der Waals surface area contributed by atoms with Gasteiger partial charge in [-0.25, -0.2) is 0 Å². The molecule has 0 aromatic rings. The van der Waals surface area contributed by atoms with Gasteiger partial charge < -0.3 is 0 Å². The van der Waals surface area contributed by atoms with Crippen LogP contribution in [0.15, 0.2) is 0 Å². The Morgan fingerprint density at radius 1 is 1.67 bits per heavy atom. The zero-order valence-electron chi connectivity index (χ0n) is 4.24. The molecule has 0 rings (SSSR count). The Balaban J connectivity index is 2.63. The maximum absolute atomic E-state index is 5.59. The summed E-state index contributed by atoms with van der Waals surface area (Å²) in [4.78, 5) is 0. The Bertz CT molecular complexity index is 28.7. The molecule has 0 aromatic heterocycles. The Labute approximate surface area is 53.2 Å². The van der Waals surface area contributed by atoms with Crippen LogP contribution in [0.3, 0.4) is 0 Å². The summed E-state index contributed by atoms with van der Waals surface area (Å²) >= 11 is -0.516. The molecule has 0 heterocycles. The zero-order chi connectivity index (χ0) is 4.99. The zero-order valence-corrected chi connectivity index (χ0v) is 8.29. The third kappa shape index (κ3) is 5.09. The van der Waals surface area contributed by atoms with E-state index in [1.165, 1.54) is 4.44 Å². The van der Waals surface area contributed by atoms with E-state index in [0.29, 0.717) is 0 Å². The van der Waals surface area contributed by atoms with Crippen molar-refractivity contribution in [3.05, 3.63) is 0 Å². The first-order chi connectivity index (χ1) is 2.77. The quantitative estimate of drug-likeness (QED) is 0.611. The van der Waals surface area contributed by atoms with Crippen LogP contribution >= 0.6 is 8.92 Å². The van der Waals surface area contributed by atoms with Gasteiger partial charge in [0.1, 0.15) is 0 Å². The van der Waals surface area contributed by atoms with Crippen molar-refractivity contribution in [1.29, 1.82) is 0 Å². The predicted octanol–water partition coefficient (Wildman–Crippen LogP) is 1.65. The van der Waals surface area contributed by atoms with Gasteiger partial charge in [-0.2, -0.15) is 0 Å². The molecule has 6 heavy (non-hydrogen) atoms. The third-order valence-electron chi connectivity index (χ3n) is 0.560. The van der Waals surface area contributed by atoms with Crippen LogP contribution in [0.25, 0.3) is 0 Å². The van der Waals surface area contributed by atoms with Crippen molar-refractivity contribution in [3.8, 4) is 0 Å². The van der Waals surface area contributed by atoms with Crippen molar-refractivity contribution in [3.63, 3.8) is 0 Å². The molecular weight excluding hydrogens is 202 g/mol. The molecule has 0 saturated heterocycles. The fourth-order valence-corrected chi connectivity index (χ4v) is 3.59. The van der Waals surface area contributed by atoms with E-state index in [2.05, 4.69) is 13.8 Å². The van der Waals surface area contributed by atoms with Gasteiger partial charge in [0.15, 0.2) is 0 Å². The van der Waals surface area contributed by atoms with E-state index >= 15 is 0 Å². The Kier molecular flexibility index (Phi) is 5.02. The van der Waals surface area contributed by atoms with Crippen LogP contribution in [-0.4, -0.2) is 20.0 Å². The first-order valence-corrected chi connectivity index (χ1v) is 8.69. The van der Waals surface area contributed by atoms with Gasteiger partial charge in [-0.05, 0) is 0 Å². The van der Waals surface area contributed by atoms with E-state index in [9.17, 15) is 0 Å². The van der Waals surface area contributed by atoms with Crippen LogP contribution in [0.4, 0.5) is 0 Å². The first kappa shape index (κ1) is 7.09. The van der Waals surface area contributed by atoms with Crippen molar-refractivity contribution in [2.75, 3.05) is 0 Å². The summed E-state index contributed by atoms with van der Waals surface area (Å²) in [5.41, 5.74) is 0. The summed E-state index contributed by atoms with van der Waals surface area (Å²) in [6, 6.07) is 0. The topological polar surface area (TPSA) is 0 Å². The minimum atomic E-state index is -0.516. The molecule has 0 unspecified atom stereocenters. The van der Waals surface area contributed by atoms with Gasteiger partial charge in [0.05, 0.1) is 0 Å².